The smallest absolute Gasteiger partial charge is 0.190 e. The molecule has 0 amide bonds. The van der Waals surface area contributed by atoms with Crippen molar-refractivity contribution in [1.29, 1.82) is 0 Å². The van der Waals surface area contributed by atoms with E-state index in [4.69, 9.17) is 9.47 Å². The fraction of sp³-hybridized carbons (Fsp3) is 0.571. The number of ether oxygens (including phenoxy) is 2. The normalized spacial score (nSPS) is 32.7. The molecule has 1 aliphatic heterocycles. The third-order valence-electron chi connectivity index (χ3n) is 3.46. The summed E-state index contributed by atoms with van der Waals surface area (Å²) in [5, 5.41) is 41.7. The number of benzene rings is 1. The highest BCUT2D eigenvalue weighted by molar-refractivity contribution is 5.48. The molecule has 0 saturated carbocycles. The van der Waals surface area contributed by atoms with Crippen LogP contribution in [0.5, 0.6) is 5.75 Å². The van der Waals surface area contributed by atoms with Crippen molar-refractivity contribution in [1.82, 2.24) is 0 Å². The Balaban J connectivity index is 2.14. The Hall–Kier alpha value is -1.38. The van der Waals surface area contributed by atoms with Gasteiger partial charge in [-0.25, -0.2) is 0 Å². The van der Waals surface area contributed by atoms with Gasteiger partial charge in [0.2, 0.25) is 0 Å². The van der Waals surface area contributed by atoms with Gasteiger partial charge in [0.15, 0.2) is 5.72 Å². The minimum absolute atomic E-state index is 0.192. The first kappa shape index (κ1) is 16.0. The van der Waals surface area contributed by atoms with Crippen LogP contribution in [0.25, 0.3) is 0 Å². The van der Waals surface area contributed by atoms with Crippen LogP contribution in [0.4, 0.5) is 5.69 Å². The average Bonchev–Trinajstić information content (AvgIpc) is 2.50. The number of aliphatic hydroxyl groups excluding tert-OH is 4. The van der Waals surface area contributed by atoms with Gasteiger partial charge in [-0.05, 0) is 31.2 Å². The topological polar surface area (TPSA) is 111 Å². The molecular formula is C14H21NO6. The molecule has 7 heteroatoms. The minimum atomic E-state index is -1.56. The predicted octanol–water partition coefficient (Wildman–Crippen LogP) is -0.701. The molecule has 7 nitrogen and oxygen atoms in total. The molecule has 1 aliphatic rings. The molecule has 4 atom stereocenters. The van der Waals surface area contributed by atoms with E-state index in [0.29, 0.717) is 18.0 Å². The van der Waals surface area contributed by atoms with Crippen LogP contribution in [0.2, 0.25) is 0 Å². The highest BCUT2D eigenvalue weighted by atomic mass is 16.6. The van der Waals surface area contributed by atoms with E-state index in [0.717, 1.165) is 0 Å². The van der Waals surface area contributed by atoms with E-state index in [1.165, 1.54) is 0 Å². The van der Waals surface area contributed by atoms with Crippen molar-refractivity contribution in [3.8, 4) is 5.75 Å². The van der Waals surface area contributed by atoms with Crippen LogP contribution >= 0.6 is 0 Å². The van der Waals surface area contributed by atoms with Crippen LogP contribution in [-0.4, -0.2) is 64.3 Å². The highest BCUT2D eigenvalue weighted by Crippen LogP contribution is 2.28. The molecule has 0 spiro atoms. The van der Waals surface area contributed by atoms with Gasteiger partial charge in [0, 0.05) is 5.69 Å². The molecule has 21 heavy (non-hydrogen) atoms. The fourth-order valence-electron chi connectivity index (χ4n) is 2.24. The number of nitrogens with one attached hydrogen (secondary N) is 1. The summed E-state index contributed by atoms with van der Waals surface area (Å²) in [4.78, 5) is 0. The summed E-state index contributed by atoms with van der Waals surface area (Å²) in [6.45, 7) is 1.68. The van der Waals surface area contributed by atoms with Crippen molar-refractivity contribution in [3.05, 3.63) is 24.3 Å². The van der Waals surface area contributed by atoms with E-state index in [2.05, 4.69) is 5.32 Å². The minimum Gasteiger partial charge on any atom is -0.494 e. The van der Waals surface area contributed by atoms with Crippen LogP contribution in [0.1, 0.15) is 6.92 Å². The number of aliphatic hydroxyl groups is 4. The second-order valence-electron chi connectivity index (χ2n) is 4.94. The Bertz CT molecular complexity index is 453. The van der Waals surface area contributed by atoms with Crippen molar-refractivity contribution >= 4 is 5.69 Å². The van der Waals surface area contributed by atoms with Gasteiger partial charge in [0.1, 0.15) is 24.1 Å². The van der Waals surface area contributed by atoms with Crippen molar-refractivity contribution in [2.75, 3.05) is 25.1 Å². The van der Waals surface area contributed by atoms with Gasteiger partial charge < -0.3 is 35.2 Å². The molecule has 1 saturated heterocycles. The molecular weight excluding hydrogens is 278 g/mol. The van der Waals surface area contributed by atoms with Gasteiger partial charge in [-0.15, -0.1) is 0 Å². The quantitative estimate of drug-likeness (QED) is 0.489. The molecule has 1 fully saturated rings. The fourth-order valence-corrected chi connectivity index (χ4v) is 2.24. The van der Waals surface area contributed by atoms with E-state index in [-0.39, 0.29) is 6.61 Å². The maximum absolute atomic E-state index is 10.1. The van der Waals surface area contributed by atoms with Gasteiger partial charge in [-0.1, -0.05) is 0 Å². The monoisotopic (exact) mass is 299 g/mol. The largest absolute Gasteiger partial charge is 0.494 e. The molecule has 118 valence electrons. The Labute approximate surface area is 122 Å². The summed E-state index contributed by atoms with van der Waals surface area (Å²) >= 11 is 0. The lowest BCUT2D eigenvalue weighted by Crippen LogP contribution is -2.66. The number of hydrogen-bond acceptors (Lipinski definition) is 7. The van der Waals surface area contributed by atoms with Gasteiger partial charge >= 0.3 is 0 Å². The Kier molecular flexibility index (Phi) is 5.02. The molecule has 0 aliphatic carbocycles. The summed E-state index contributed by atoms with van der Waals surface area (Å²) < 4.78 is 10.7. The molecule has 1 heterocycles. The van der Waals surface area contributed by atoms with Crippen LogP contribution in [0, 0.1) is 0 Å². The van der Waals surface area contributed by atoms with Crippen LogP contribution in [0.15, 0.2) is 24.3 Å². The molecule has 0 bridgehead atoms. The lowest BCUT2D eigenvalue weighted by atomic mass is 9.94. The zero-order chi connectivity index (χ0) is 15.5. The van der Waals surface area contributed by atoms with Crippen molar-refractivity contribution in [2.24, 2.45) is 0 Å². The third kappa shape index (κ3) is 3.28. The van der Waals surface area contributed by atoms with E-state index in [9.17, 15) is 20.4 Å². The van der Waals surface area contributed by atoms with Gasteiger partial charge in [-0.3, -0.25) is 0 Å². The molecule has 0 aromatic heterocycles. The van der Waals surface area contributed by atoms with Gasteiger partial charge in [-0.2, -0.15) is 0 Å². The second-order valence-corrected chi connectivity index (χ2v) is 4.94. The first-order valence-corrected chi connectivity index (χ1v) is 6.82. The molecule has 2 rings (SSSR count). The third-order valence-corrected chi connectivity index (χ3v) is 3.46. The Morgan fingerprint density at radius 2 is 1.95 bits per heavy atom. The van der Waals surface area contributed by atoms with Crippen LogP contribution in [0.3, 0.4) is 0 Å². The predicted molar refractivity (Wildman–Crippen MR) is 75.0 cm³/mol. The number of rotatable bonds is 5. The van der Waals surface area contributed by atoms with Crippen LogP contribution < -0.4 is 10.1 Å². The summed E-state index contributed by atoms with van der Waals surface area (Å²) in [5.74, 6) is 0.696. The highest BCUT2D eigenvalue weighted by Gasteiger charge is 2.49. The maximum Gasteiger partial charge on any atom is 0.190 e. The maximum atomic E-state index is 10.1. The standard InChI is InChI=1S/C14H21NO6/c1-2-20-10-5-3-9(4-6-10)15-14(8-16)13(19)12(18)11(17)7-21-14/h3-6,11-13,15-19H,2,7-8H2,1H3/t11-,12-,13+,14+/m1/s1. The van der Waals surface area contributed by atoms with Crippen LogP contribution in [-0.2, 0) is 4.74 Å². The Morgan fingerprint density at radius 3 is 2.52 bits per heavy atom. The lowest BCUT2D eigenvalue weighted by Gasteiger charge is -2.45. The van der Waals surface area contributed by atoms with E-state index < -0.39 is 30.6 Å². The molecule has 1 aromatic rings. The number of anilines is 1. The summed E-state index contributed by atoms with van der Waals surface area (Å²) in [6.07, 6.45) is -4.07. The zero-order valence-corrected chi connectivity index (χ0v) is 11.8. The summed E-state index contributed by atoms with van der Waals surface area (Å²) in [7, 11) is 0. The number of hydrogen-bond donors (Lipinski definition) is 5. The van der Waals surface area contributed by atoms with Gasteiger partial charge in [0.05, 0.1) is 19.8 Å². The second kappa shape index (κ2) is 6.59. The van der Waals surface area contributed by atoms with Crippen molar-refractivity contribution in [2.45, 2.75) is 31.0 Å². The van der Waals surface area contributed by atoms with Crippen molar-refractivity contribution in [3.63, 3.8) is 0 Å². The van der Waals surface area contributed by atoms with E-state index >= 15 is 0 Å². The lowest BCUT2D eigenvalue weighted by molar-refractivity contribution is -0.235. The summed E-state index contributed by atoms with van der Waals surface area (Å²) in [5.41, 5.74) is -0.985. The zero-order valence-electron chi connectivity index (χ0n) is 11.8. The molecule has 5 N–H and O–H groups in total. The molecule has 1 aromatic carbocycles. The SMILES string of the molecule is CCOc1ccc(N[C@@]2(CO)OC[C@@H](O)[C@@H](O)[C@@H]2O)cc1. The van der Waals surface area contributed by atoms with Crippen molar-refractivity contribution < 1.29 is 29.9 Å². The van der Waals surface area contributed by atoms with Gasteiger partial charge in [0.25, 0.3) is 0 Å². The molecule has 0 radical (unpaired) electrons. The van der Waals surface area contributed by atoms with E-state index in [1.54, 1.807) is 24.3 Å². The van der Waals surface area contributed by atoms with E-state index in [1.807, 2.05) is 6.92 Å². The first-order chi connectivity index (χ1) is 10.0. The summed E-state index contributed by atoms with van der Waals surface area (Å²) in [6, 6.07) is 6.88. The Morgan fingerprint density at radius 1 is 1.29 bits per heavy atom. The average molecular weight is 299 g/mol. The molecule has 0 unspecified atom stereocenters. The first-order valence-electron chi connectivity index (χ1n) is 6.82.